The van der Waals surface area contributed by atoms with Crippen molar-refractivity contribution in [3.8, 4) is 22.8 Å². The quantitative estimate of drug-likeness (QED) is 0.369. The van der Waals surface area contributed by atoms with Gasteiger partial charge in [0.15, 0.2) is 16.8 Å². The summed E-state index contributed by atoms with van der Waals surface area (Å²) in [5.41, 5.74) is 3.82. The summed E-state index contributed by atoms with van der Waals surface area (Å²) >= 11 is -2.08. The van der Waals surface area contributed by atoms with Crippen molar-refractivity contribution in [2.24, 2.45) is 0 Å². The Balaban J connectivity index is 1.36. The highest BCUT2D eigenvalue weighted by atomic mass is 32.2. The minimum Gasteiger partial charge on any atom is -0.435 e. The minimum absolute atomic E-state index is 0.276. The Bertz CT molecular complexity index is 1340. The Morgan fingerprint density at radius 3 is 2.84 bits per heavy atom. The van der Waals surface area contributed by atoms with E-state index in [1.54, 1.807) is 30.5 Å². The van der Waals surface area contributed by atoms with Gasteiger partial charge in [-0.15, -0.1) is 0 Å². The predicted molar refractivity (Wildman–Crippen MR) is 120 cm³/mol. The van der Waals surface area contributed by atoms with Crippen LogP contribution in [0.2, 0.25) is 0 Å². The maximum absolute atomic E-state index is 11.3. The van der Waals surface area contributed by atoms with Gasteiger partial charge in [0, 0.05) is 22.7 Å². The topological polar surface area (TPSA) is 114 Å². The molecule has 32 heavy (non-hydrogen) atoms. The van der Waals surface area contributed by atoms with E-state index in [1.165, 1.54) is 0 Å². The Labute approximate surface area is 186 Å². The fourth-order valence-corrected chi connectivity index (χ4v) is 3.68. The summed E-state index contributed by atoms with van der Waals surface area (Å²) in [6.07, 6.45) is 3.76. The molecule has 1 atom stereocenters. The number of aryl methyl sites for hydroxylation is 1. The zero-order chi connectivity index (χ0) is 22.2. The summed E-state index contributed by atoms with van der Waals surface area (Å²) in [4.78, 5) is 9.07. The third kappa shape index (κ3) is 4.12. The van der Waals surface area contributed by atoms with Crippen LogP contribution in [0.4, 0.5) is 5.69 Å². The predicted octanol–water partition coefficient (Wildman–Crippen LogP) is 5.24. The average Bonchev–Trinajstić information content (AvgIpc) is 3.32. The molecule has 2 aromatic heterocycles. The summed E-state index contributed by atoms with van der Waals surface area (Å²) in [5.74, 6) is 2.44. The highest BCUT2D eigenvalue weighted by Crippen LogP contribution is 2.39. The largest absolute Gasteiger partial charge is 0.435 e. The molecule has 4 aromatic rings. The van der Waals surface area contributed by atoms with Gasteiger partial charge < -0.3 is 18.8 Å². The summed E-state index contributed by atoms with van der Waals surface area (Å²) in [7, 11) is 0. The maximum Gasteiger partial charge on any atom is 0.230 e. The van der Waals surface area contributed by atoms with Gasteiger partial charge in [-0.3, -0.25) is 0 Å². The van der Waals surface area contributed by atoms with Gasteiger partial charge >= 0.3 is 0 Å². The number of rotatable bonds is 7. The number of hydrogen-bond donors (Lipinski definition) is 2. The lowest BCUT2D eigenvalue weighted by atomic mass is 10.1. The van der Waals surface area contributed by atoms with E-state index >= 15 is 0 Å². The molecule has 2 heterocycles. The molecule has 9 heteroatoms. The zero-order valence-electron chi connectivity index (χ0n) is 17.2. The van der Waals surface area contributed by atoms with Crippen molar-refractivity contribution in [2.45, 2.75) is 30.6 Å². The van der Waals surface area contributed by atoms with Crippen molar-refractivity contribution >= 4 is 22.5 Å². The third-order valence-electron chi connectivity index (χ3n) is 5.24. The van der Waals surface area contributed by atoms with Crippen LogP contribution in [-0.4, -0.2) is 23.9 Å². The van der Waals surface area contributed by atoms with E-state index in [2.05, 4.69) is 27.0 Å². The van der Waals surface area contributed by atoms with Gasteiger partial charge in [-0.05, 0) is 49.6 Å². The number of nitrogens with one attached hydrogen (secondary N) is 1. The van der Waals surface area contributed by atoms with Crippen molar-refractivity contribution in [2.75, 3.05) is 5.32 Å². The molecule has 0 spiro atoms. The Kier molecular flexibility index (Phi) is 5.20. The minimum atomic E-state index is -2.08. The number of nitrogens with zero attached hydrogens (tertiary/aromatic N) is 3. The lowest BCUT2D eigenvalue weighted by Crippen LogP contribution is -1.99. The van der Waals surface area contributed by atoms with E-state index in [1.807, 2.05) is 25.1 Å². The van der Waals surface area contributed by atoms with Crippen LogP contribution in [0.1, 0.15) is 36.0 Å². The fourth-order valence-electron chi connectivity index (χ4n) is 3.25. The molecule has 1 aliphatic rings. The van der Waals surface area contributed by atoms with Crippen LogP contribution in [0.3, 0.4) is 0 Å². The summed E-state index contributed by atoms with van der Waals surface area (Å²) in [6.45, 7) is 6.05. The molecule has 5 rings (SSSR count). The van der Waals surface area contributed by atoms with Gasteiger partial charge in [0.25, 0.3) is 0 Å². The van der Waals surface area contributed by atoms with E-state index in [4.69, 9.17) is 8.94 Å². The second-order valence-electron chi connectivity index (χ2n) is 7.67. The number of benzene rings is 2. The second-order valence-corrected chi connectivity index (χ2v) is 8.64. The van der Waals surface area contributed by atoms with E-state index in [0.29, 0.717) is 40.5 Å². The molecule has 1 fully saturated rings. The molecule has 1 saturated carbocycles. The number of aromatic nitrogens is 3. The summed E-state index contributed by atoms with van der Waals surface area (Å²) in [6, 6.07) is 12.4. The van der Waals surface area contributed by atoms with Crippen LogP contribution >= 0.6 is 0 Å². The molecule has 162 valence electrons. The van der Waals surface area contributed by atoms with E-state index in [0.717, 1.165) is 29.7 Å². The lowest BCUT2D eigenvalue weighted by Gasteiger charge is -2.11. The number of anilines is 1. The Morgan fingerprint density at radius 1 is 1.22 bits per heavy atom. The molecule has 0 aliphatic heterocycles. The maximum atomic E-state index is 11.3. The SMILES string of the molecule is C=C(Nc1cc(-c2noc(C3CC3)n2)ccc1C)c1cnc(-c2cccc(S(=O)O)c2)o1. The van der Waals surface area contributed by atoms with E-state index in [9.17, 15) is 8.76 Å². The fraction of sp³-hybridized carbons (Fsp3) is 0.174. The molecule has 0 radical (unpaired) electrons. The van der Waals surface area contributed by atoms with Crippen molar-refractivity contribution in [1.82, 2.24) is 15.1 Å². The first-order valence-electron chi connectivity index (χ1n) is 10.1. The first-order valence-corrected chi connectivity index (χ1v) is 11.2. The molecule has 8 nitrogen and oxygen atoms in total. The van der Waals surface area contributed by atoms with Gasteiger partial charge in [0.2, 0.25) is 17.6 Å². The molecular formula is C23H20N4O4S. The van der Waals surface area contributed by atoms with Gasteiger partial charge in [-0.1, -0.05) is 29.9 Å². The first-order chi connectivity index (χ1) is 15.5. The van der Waals surface area contributed by atoms with Crippen molar-refractivity contribution in [1.29, 1.82) is 0 Å². The first kappa shape index (κ1) is 20.3. The van der Waals surface area contributed by atoms with E-state index in [-0.39, 0.29) is 4.90 Å². The molecule has 1 aliphatic carbocycles. The van der Waals surface area contributed by atoms with Crippen molar-refractivity contribution in [3.63, 3.8) is 0 Å². The smallest absolute Gasteiger partial charge is 0.230 e. The van der Waals surface area contributed by atoms with Crippen LogP contribution in [0, 0.1) is 6.92 Å². The molecular weight excluding hydrogens is 428 g/mol. The van der Waals surface area contributed by atoms with Crippen LogP contribution in [0.25, 0.3) is 28.5 Å². The zero-order valence-corrected chi connectivity index (χ0v) is 18.1. The van der Waals surface area contributed by atoms with Gasteiger partial charge in [-0.2, -0.15) is 4.98 Å². The normalized spacial score (nSPS) is 14.3. The molecule has 2 aromatic carbocycles. The van der Waals surface area contributed by atoms with Crippen molar-refractivity contribution in [3.05, 3.63) is 72.5 Å². The van der Waals surface area contributed by atoms with Crippen LogP contribution in [0.15, 0.2) is 69.1 Å². The van der Waals surface area contributed by atoms with Crippen LogP contribution < -0.4 is 5.32 Å². The highest BCUT2D eigenvalue weighted by molar-refractivity contribution is 7.79. The van der Waals surface area contributed by atoms with Crippen LogP contribution in [0.5, 0.6) is 0 Å². The molecule has 0 bridgehead atoms. The standard InChI is InChI=1S/C23H20N4O4S/c1-13-6-7-16(21-26-23(31-27-21)15-8-9-15)11-19(13)25-14(2)20-12-24-22(30-20)17-4-3-5-18(10-17)32(28)29/h3-7,10-12,15,25H,2,8-9H2,1H3,(H,28,29). The van der Waals surface area contributed by atoms with Gasteiger partial charge in [0.05, 0.1) is 16.8 Å². The van der Waals surface area contributed by atoms with Crippen molar-refractivity contribution < 1.29 is 17.7 Å². The summed E-state index contributed by atoms with van der Waals surface area (Å²) in [5, 5.41) is 7.38. The van der Waals surface area contributed by atoms with Crippen LogP contribution in [-0.2, 0) is 11.1 Å². The highest BCUT2D eigenvalue weighted by Gasteiger charge is 2.29. The molecule has 0 saturated heterocycles. The number of hydrogen-bond acceptors (Lipinski definition) is 7. The van der Waals surface area contributed by atoms with Gasteiger partial charge in [-0.25, -0.2) is 9.19 Å². The summed E-state index contributed by atoms with van der Waals surface area (Å²) < 4.78 is 31.8. The number of oxazole rings is 1. The third-order valence-corrected chi connectivity index (χ3v) is 5.89. The molecule has 0 amide bonds. The monoisotopic (exact) mass is 448 g/mol. The Hall–Kier alpha value is -3.56. The Morgan fingerprint density at radius 2 is 2.06 bits per heavy atom. The second kappa shape index (κ2) is 8.18. The molecule has 2 N–H and O–H groups in total. The lowest BCUT2D eigenvalue weighted by molar-refractivity contribution is 0.380. The average molecular weight is 449 g/mol. The molecule has 1 unspecified atom stereocenters. The van der Waals surface area contributed by atoms with Gasteiger partial charge in [0.1, 0.15) is 0 Å². The van der Waals surface area contributed by atoms with E-state index < -0.39 is 11.1 Å².